The van der Waals surface area contributed by atoms with Crippen molar-refractivity contribution < 1.29 is 0 Å². The number of aryl methyl sites for hydroxylation is 1. The first-order chi connectivity index (χ1) is 21.2. The molecule has 8 aromatic carbocycles. The molecule has 0 unspecified atom stereocenters. The molecule has 0 atom stereocenters. The third-order valence-electron chi connectivity index (χ3n) is 8.67. The molecule has 0 amide bonds. The smallest absolute Gasteiger partial charge is 0.00262 e. The summed E-state index contributed by atoms with van der Waals surface area (Å²) in [4.78, 5) is 0. The summed E-state index contributed by atoms with van der Waals surface area (Å²) >= 11 is 0. The minimum Gasteiger partial charge on any atom is -0.0622 e. The van der Waals surface area contributed by atoms with Crippen molar-refractivity contribution in [3.63, 3.8) is 0 Å². The van der Waals surface area contributed by atoms with Crippen LogP contribution in [0.3, 0.4) is 0 Å². The minimum atomic E-state index is 1.23. The van der Waals surface area contributed by atoms with Crippen molar-refractivity contribution in [1.29, 1.82) is 0 Å². The average molecular weight is 547 g/mol. The molecule has 0 radical (unpaired) electrons. The highest BCUT2D eigenvalue weighted by atomic mass is 14.2. The highest BCUT2D eigenvalue weighted by molar-refractivity contribution is 6.21. The van der Waals surface area contributed by atoms with E-state index in [0.717, 1.165) is 0 Å². The highest BCUT2D eigenvalue weighted by Crippen LogP contribution is 2.44. The Kier molecular flexibility index (Phi) is 6.12. The first-order valence-corrected chi connectivity index (χ1v) is 14.9. The predicted octanol–water partition coefficient (Wildman–Crippen LogP) is 12.1. The van der Waals surface area contributed by atoms with Crippen molar-refractivity contribution in [2.24, 2.45) is 0 Å². The largest absolute Gasteiger partial charge is 0.0622 e. The molecule has 0 aliphatic rings. The topological polar surface area (TPSA) is 0 Å². The lowest BCUT2D eigenvalue weighted by atomic mass is 9.85. The summed E-state index contributed by atoms with van der Waals surface area (Å²) in [5.74, 6) is 0. The number of hydrogen-bond acceptors (Lipinski definition) is 0. The van der Waals surface area contributed by atoms with Gasteiger partial charge in [0.05, 0.1) is 0 Å². The van der Waals surface area contributed by atoms with E-state index in [9.17, 15) is 0 Å². The van der Waals surface area contributed by atoms with Crippen LogP contribution in [0, 0.1) is 6.92 Å². The van der Waals surface area contributed by atoms with E-state index in [1.54, 1.807) is 0 Å². The number of hydrogen-bond donors (Lipinski definition) is 0. The molecule has 0 heterocycles. The van der Waals surface area contributed by atoms with Gasteiger partial charge in [0.2, 0.25) is 0 Å². The molecule has 0 saturated heterocycles. The van der Waals surface area contributed by atoms with Crippen LogP contribution in [-0.4, -0.2) is 0 Å². The van der Waals surface area contributed by atoms with Gasteiger partial charge in [0.15, 0.2) is 0 Å². The Morgan fingerprint density at radius 2 is 0.698 bits per heavy atom. The fourth-order valence-corrected chi connectivity index (χ4v) is 6.64. The lowest BCUT2D eigenvalue weighted by molar-refractivity contribution is 1.47. The third-order valence-corrected chi connectivity index (χ3v) is 8.67. The Morgan fingerprint density at radius 1 is 0.279 bits per heavy atom. The van der Waals surface area contributed by atoms with Crippen molar-refractivity contribution in [1.82, 2.24) is 0 Å². The number of rotatable bonds is 4. The van der Waals surface area contributed by atoms with Crippen LogP contribution in [0.15, 0.2) is 164 Å². The average Bonchev–Trinajstić information content (AvgIpc) is 3.07. The van der Waals surface area contributed by atoms with Crippen LogP contribution in [0.5, 0.6) is 0 Å². The van der Waals surface area contributed by atoms with E-state index in [2.05, 4.69) is 171 Å². The zero-order chi connectivity index (χ0) is 28.8. The van der Waals surface area contributed by atoms with Gasteiger partial charge in [-0.1, -0.05) is 151 Å². The molecule has 0 bridgehead atoms. The quantitative estimate of drug-likeness (QED) is 0.193. The van der Waals surface area contributed by atoms with Gasteiger partial charge in [-0.25, -0.2) is 0 Å². The Hall–Kier alpha value is -5.46. The summed E-state index contributed by atoms with van der Waals surface area (Å²) in [7, 11) is 0. The summed E-state index contributed by atoms with van der Waals surface area (Å²) in [6, 6.07) is 59.9. The van der Waals surface area contributed by atoms with E-state index in [4.69, 9.17) is 0 Å². The molecule has 8 rings (SSSR count). The number of benzene rings is 8. The summed E-state index contributed by atoms with van der Waals surface area (Å²) in [5, 5.41) is 7.62. The summed E-state index contributed by atoms with van der Waals surface area (Å²) in [5.41, 5.74) is 11.3. The van der Waals surface area contributed by atoms with Crippen molar-refractivity contribution >= 4 is 32.3 Å². The lowest BCUT2D eigenvalue weighted by Gasteiger charge is -2.18. The maximum atomic E-state index is 2.36. The maximum absolute atomic E-state index is 2.36. The zero-order valence-electron chi connectivity index (χ0n) is 24.1. The van der Waals surface area contributed by atoms with Gasteiger partial charge in [-0.15, -0.1) is 0 Å². The minimum absolute atomic E-state index is 1.23. The second kappa shape index (κ2) is 10.4. The third kappa shape index (κ3) is 4.49. The Morgan fingerprint density at radius 3 is 1.28 bits per heavy atom. The van der Waals surface area contributed by atoms with Crippen LogP contribution >= 0.6 is 0 Å². The monoisotopic (exact) mass is 546 g/mol. The van der Waals surface area contributed by atoms with Gasteiger partial charge in [-0.05, 0) is 102 Å². The first-order valence-electron chi connectivity index (χ1n) is 14.9. The molecule has 0 aliphatic carbocycles. The van der Waals surface area contributed by atoms with E-state index < -0.39 is 0 Å². The molecule has 0 N–H and O–H groups in total. The van der Waals surface area contributed by atoms with E-state index >= 15 is 0 Å². The van der Waals surface area contributed by atoms with Crippen LogP contribution in [0.4, 0.5) is 0 Å². The standard InChI is InChI=1S/C43H30/c1-29-11-9-14-31(25-29)32-15-10-16-33(26-32)34-21-22-36-28-37(24-23-35(36)27-34)43-40-19-7-5-17-38(40)42(30-12-3-2-4-13-30)39-18-6-8-20-41(39)43/h2-28H,1H3. The van der Waals surface area contributed by atoms with Gasteiger partial charge < -0.3 is 0 Å². The van der Waals surface area contributed by atoms with Crippen molar-refractivity contribution in [3.8, 4) is 44.5 Å². The fourth-order valence-electron chi connectivity index (χ4n) is 6.64. The normalized spacial score (nSPS) is 11.4. The molecule has 0 fully saturated rings. The second-order valence-electron chi connectivity index (χ2n) is 11.4. The van der Waals surface area contributed by atoms with Gasteiger partial charge in [-0.3, -0.25) is 0 Å². The summed E-state index contributed by atoms with van der Waals surface area (Å²) in [6.07, 6.45) is 0. The molecule has 0 saturated carbocycles. The zero-order valence-corrected chi connectivity index (χ0v) is 24.1. The Balaban J connectivity index is 1.27. The van der Waals surface area contributed by atoms with E-state index in [-0.39, 0.29) is 0 Å². The van der Waals surface area contributed by atoms with Crippen molar-refractivity contribution in [2.45, 2.75) is 6.92 Å². The van der Waals surface area contributed by atoms with Crippen molar-refractivity contribution in [3.05, 3.63) is 169 Å². The van der Waals surface area contributed by atoms with Crippen LogP contribution < -0.4 is 0 Å². The molecule has 43 heavy (non-hydrogen) atoms. The Bertz CT molecular complexity index is 2230. The van der Waals surface area contributed by atoms with Gasteiger partial charge in [0.25, 0.3) is 0 Å². The molecule has 0 aliphatic heterocycles. The van der Waals surface area contributed by atoms with Gasteiger partial charge in [0.1, 0.15) is 0 Å². The lowest BCUT2D eigenvalue weighted by Crippen LogP contribution is -1.90. The highest BCUT2D eigenvalue weighted by Gasteiger charge is 2.16. The van der Waals surface area contributed by atoms with Crippen LogP contribution in [0.2, 0.25) is 0 Å². The summed E-state index contributed by atoms with van der Waals surface area (Å²) in [6.45, 7) is 2.15. The van der Waals surface area contributed by atoms with E-state index in [0.29, 0.717) is 0 Å². The van der Waals surface area contributed by atoms with Crippen LogP contribution in [0.25, 0.3) is 76.8 Å². The first kappa shape index (κ1) is 25.3. The molecule has 0 aromatic heterocycles. The van der Waals surface area contributed by atoms with Gasteiger partial charge in [-0.2, -0.15) is 0 Å². The van der Waals surface area contributed by atoms with Gasteiger partial charge in [0, 0.05) is 0 Å². The van der Waals surface area contributed by atoms with Gasteiger partial charge >= 0.3 is 0 Å². The van der Waals surface area contributed by atoms with Crippen LogP contribution in [-0.2, 0) is 0 Å². The molecule has 202 valence electrons. The van der Waals surface area contributed by atoms with E-state index in [1.165, 1.54) is 82.4 Å². The fraction of sp³-hybridized carbons (Fsp3) is 0.0233. The number of fused-ring (bicyclic) bond motifs is 3. The molecule has 0 nitrogen and oxygen atoms in total. The molecular formula is C43H30. The van der Waals surface area contributed by atoms with Crippen LogP contribution in [0.1, 0.15) is 5.56 Å². The maximum Gasteiger partial charge on any atom is -0.00262 e. The van der Waals surface area contributed by atoms with Crippen molar-refractivity contribution in [2.75, 3.05) is 0 Å². The molecule has 8 aromatic rings. The molecule has 0 heteroatoms. The summed E-state index contributed by atoms with van der Waals surface area (Å²) < 4.78 is 0. The van der Waals surface area contributed by atoms with E-state index in [1.807, 2.05) is 0 Å². The molecule has 0 spiro atoms. The predicted molar refractivity (Wildman–Crippen MR) is 185 cm³/mol. The molecular weight excluding hydrogens is 516 g/mol. The Labute approximate surface area is 252 Å². The second-order valence-corrected chi connectivity index (χ2v) is 11.4. The SMILES string of the molecule is Cc1cccc(-c2cccc(-c3ccc4cc(-c5c6ccccc6c(-c6ccccc6)c6ccccc56)ccc4c3)c2)c1.